The second-order valence-corrected chi connectivity index (χ2v) is 7.68. The Hall–Kier alpha value is -4.12. The molecule has 0 N–H and O–H groups in total. The van der Waals surface area contributed by atoms with Crippen LogP contribution in [0.1, 0.15) is 27.2 Å². The zero-order valence-corrected chi connectivity index (χ0v) is 17.9. The van der Waals surface area contributed by atoms with Crippen molar-refractivity contribution in [1.29, 1.82) is 0 Å². The number of methoxy groups -OCH3 is 1. The summed E-state index contributed by atoms with van der Waals surface area (Å²) in [5.74, 6) is 3.01. The summed E-state index contributed by atoms with van der Waals surface area (Å²) in [5, 5.41) is 0. The molecular weight excluding hydrogens is 400 g/mol. The number of hydrogen-bond acceptors (Lipinski definition) is 4. The number of imidazole rings is 1. The maximum Gasteiger partial charge on any atom is 0.193 e. The molecule has 0 aliphatic heterocycles. The average Bonchev–Trinajstić information content (AvgIpc) is 3.42. The number of fused-ring (bicyclic) bond motifs is 1. The molecule has 5 heteroatoms. The fourth-order valence-corrected chi connectivity index (χ4v) is 3.88. The van der Waals surface area contributed by atoms with Crippen LogP contribution < -0.4 is 4.74 Å². The molecular formula is C27H22N2O3. The number of hydrogen-bond donors (Lipinski definition) is 0. The van der Waals surface area contributed by atoms with Gasteiger partial charge < -0.3 is 13.7 Å². The van der Waals surface area contributed by atoms with E-state index in [2.05, 4.69) is 4.57 Å². The van der Waals surface area contributed by atoms with Crippen molar-refractivity contribution < 1.29 is 13.9 Å². The Labute approximate surface area is 185 Å². The molecule has 2 aromatic heterocycles. The van der Waals surface area contributed by atoms with E-state index in [1.807, 2.05) is 91.9 Å². The van der Waals surface area contributed by atoms with Crippen LogP contribution in [0.4, 0.5) is 0 Å². The first kappa shape index (κ1) is 19.8. The van der Waals surface area contributed by atoms with Crippen LogP contribution in [0.15, 0.2) is 89.3 Å². The van der Waals surface area contributed by atoms with Gasteiger partial charge in [-0.15, -0.1) is 0 Å². The highest BCUT2D eigenvalue weighted by Crippen LogP contribution is 2.29. The molecule has 0 saturated heterocycles. The SMILES string of the molecule is COc1cccc(Cn2c(-c3ccc(C)o3)nc3ccc(C(=O)c4ccccc4)cc32)c1. The summed E-state index contributed by atoms with van der Waals surface area (Å²) in [6, 6.07) is 26.7. The third-order valence-electron chi connectivity index (χ3n) is 5.48. The first-order chi connectivity index (χ1) is 15.6. The van der Waals surface area contributed by atoms with Gasteiger partial charge in [-0.3, -0.25) is 4.79 Å². The highest BCUT2D eigenvalue weighted by molar-refractivity contribution is 6.10. The van der Waals surface area contributed by atoms with Gasteiger partial charge in [0.2, 0.25) is 0 Å². The van der Waals surface area contributed by atoms with Crippen molar-refractivity contribution in [3.05, 3.63) is 107 Å². The Morgan fingerprint density at radius 2 is 1.78 bits per heavy atom. The van der Waals surface area contributed by atoms with Crippen LogP contribution in [0.25, 0.3) is 22.6 Å². The third-order valence-corrected chi connectivity index (χ3v) is 5.48. The molecule has 32 heavy (non-hydrogen) atoms. The average molecular weight is 422 g/mol. The number of carbonyl (C=O) groups is 1. The smallest absolute Gasteiger partial charge is 0.193 e. The summed E-state index contributed by atoms with van der Waals surface area (Å²) in [5.41, 5.74) is 4.03. The predicted octanol–water partition coefficient (Wildman–Crippen LogP) is 5.89. The lowest BCUT2D eigenvalue weighted by molar-refractivity contribution is 0.103. The Morgan fingerprint density at radius 3 is 2.53 bits per heavy atom. The van der Waals surface area contributed by atoms with Gasteiger partial charge in [0.25, 0.3) is 0 Å². The van der Waals surface area contributed by atoms with Crippen molar-refractivity contribution in [2.24, 2.45) is 0 Å². The van der Waals surface area contributed by atoms with E-state index in [9.17, 15) is 4.79 Å². The minimum atomic E-state index is -0.0166. The summed E-state index contributed by atoms with van der Waals surface area (Å²) < 4.78 is 13.4. The number of ether oxygens (including phenoxy) is 1. The van der Waals surface area contributed by atoms with Gasteiger partial charge >= 0.3 is 0 Å². The Bertz CT molecular complexity index is 1410. The van der Waals surface area contributed by atoms with E-state index in [1.165, 1.54) is 0 Å². The summed E-state index contributed by atoms with van der Waals surface area (Å²) in [4.78, 5) is 17.9. The van der Waals surface area contributed by atoms with Crippen molar-refractivity contribution in [2.45, 2.75) is 13.5 Å². The maximum absolute atomic E-state index is 13.1. The molecule has 5 aromatic rings. The van der Waals surface area contributed by atoms with Crippen molar-refractivity contribution in [2.75, 3.05) is 7.11 Å². The van der Waals surface area contributed by atoms with Gasteiger partial charge in [0.1, 0.15) is 11.5 Å². The van der Waals surface area contributed by atoms with Crippen molar-refractivity contribution in [1.82, 2.24) is 9.55 Å². The lowest BCUT2D eigenvalue weighted by Crippen LogP contribution is -2.04. The summed E-state index contributed by atoms with van der Waals surface area (Å²) in [7, 11) is 1.66. The molecule has 0 atom stereocenters. The molecule has 0 saturated carbocycles. The van der Waals surface area contributed by atoms with E-state index in [1.54, 1.807) is 7.11 Å². The highest BCUT2D eigenvalue weighted by Gasteiger charge is 2.18. The number of aryl methyl sites for hydroxylation is 1. The van der Waals surface area contributed by atoms with E-state index >= 15 is 0 Å². The molecule has 0 unspecified atom stereocenters. The fraction of sp³-hybridized carbons (Fsp3) is 0.111. The van der Waals surface area contributed by atoms with Gasteiger partial charge in [0.15, 0.2) is 17.4 Å². The molecule has 5 nitrogen and oxygen atoms in total. The number of carbonyl (C=O) groups excluding carboxylic acids is 1. The van der Waals surface area contributed by atoms with E-state index in [4.69, 9.17) is 14.1 Å². The van der Waals surface area contributed by atoms with Crippen LogP contribution in [-0.2, 0) is 6.54 Å². The molecule has 5 rings (SSSR count). The fourth-order valence-electron chi connectivity index (χ4n) is 3.88. The minimum absolute atomic E-state index is 0.0166. The molecule has 0 spiro atoms. The quantitative estimate of drug-likeness (QED) is 0.320. The molecule has 2 heterocycles. The summed E-state index contributed by atoms with van der Waals surface area (Å²) >= 11 is 0. The maximum atomic E-state index is 13.1. The number of aromatic nitrogens is 2. The van der Waals surface area contributed by atoms with Crippen LogP contribution in [0.5, 0.6) is 5.75 Å². The molecule has 0 radical (unpaired) electrons. The molecule has 0 amide bonds. The zero-order chi connectivity index (χ0) is 22.1. The second-order valence-electron chi connectivity index (χ2n) is 7.68. The third kappa shape index (κ3) is 3.69. The van der Waals surface area contributed by atoms with Crippen LogP contribution in [0.3, 0.4) is 0 Å². The highest BCUT2D eigenvalue weighted by atomic mass is 16.5. The van der Waals surface area contributed by atoms with Crippen LogP contribution in [0, 0.1) is 6.92 Å². The monoisotopic (exact) mass is 422 g/mol. The van der Waals surface area contributed by atoms with Gasteiger partial charge in [-0.25, -0.2) is 4.98 Å². The Morgan fingerprint density at radius 1 is 0.938 bits per heavy atom. The number of ketones is 1. The van der Waals surface area contributed by atoms with Crippen molar-refractivity contribution >= 4 is 16.8 Å². The first-order valence-corrected chi connectivity index (χ1v) is 10.4. The number of nitrogens with zero attached hydrogens (tertiary/aromatic N) is 2. The van der Waals surface area contributed by atoms with Crippen LogP contribution in [0.2, 0.25) is 0 Å². The Kier molecular flexibility index (Phi) is 5.07. The first-order valence-electron chi connectivity index (χ1n) is 10.4. The zero-order valence-electron chi connectivity index (χ0n) is 17.9. The van der Waals surface area contributed by atoms with Gasteiger partial charge in [-0.1, -0.05) is 42.5 Å². The molecule has 0 aliphatic rings. The van der Waals surface area contributed by atoms with E-state index in [-0.39, 0.29) is 5.78 Å². The normalized spacial score (nSPS) is 11.1. The van der Waals surface area contributed by atoms with Crippen molar-refractivity contribution in [3.8, 4) is 17.3 Å². The lowest BCUT2D eigenvalue weighted by Gasteiger charge is -2.10. The van der Waals surface area contributed by atoms with E-state index in [0.717, 1.165) is 33.9 Å². The topological polar surface area (TPSA) is 57.3 Å². The van der Waals surface area contributed by atoms with Gasteiger partial charge in [-0.05, 0) is 55.0 Å². The van der Waals surface area contributed by atoms with Gasteiger partial charge in [0.05, 0.1) is 18.1 Å². The standard InChI is InChI=1S/C27H22N2O3/c1-18-11-14-25(32-18)27-28-23-13-12-21(26(30)20-8-4-3-5-9-20)16-24(23)29(27)17-19-7-6-10-22(15-19)31-2/h3-16H,17H2,1-2H3. The largest absolute Gasteiger partial charge is 0.497 e. The van der Waals surface area contributed by atoms with Gasteiger partial charge in [-0.2, -0.15) is 0 Å². The van der Waals surface area contributed by atoms with Gasteiger partial charge in [0, 0.05) is 17.7 Å². The van der Waals surface area contributed by atoms with Crippen LogP contribution in [-0.4, -0.2) is 22.4 Å². The number of benzene rings is 3. The second kappa shape index (κ2) is 8.19. The summed E-state index contributed by atoms with van der Waals surface area (Å²) in [6.45, 7) is 2.47. The number of rotatable bonds is 6. The molecule has 3 aromatic carbocycles. The summed E-state index contributed by atoms with van der Waals surface area (Å²) in [6.07, 6.45) is 0. The van der Waals surface area contributed by atoms with Crippen molar-refractivity contribution in [3.63, 3.8) is 0 Å². The molecule has 0 aliphatic carbocycles. The van der Waals surface area contributed by atoms with Crippen LogP contribution >= 0.6 is 0 Å². The molecule has 0 bridgehead atoms. The molecule has 0 fully saturated rings. The Balaban J connectivity index is 1.65. The van der Waals surface area contributed by atoms with E-state index < -0.39 is 0 Å². The minimum Gasteiger partial charge on any atom is -0.497 e. The predicted molar refractivity (Wildman–Crippen MR) is 124 cm³/mol. The van der Waals surface area contributed by atoms with E-state index in [0.29, 0.717) is 23.4 Å². The lowest BCUT2D eigenvalue weighted by atomic mass is 10.0. The number of furan rings is 1. The molecule has 158 valence electrons.